The van der Waals surface area contributed by atoms with E-state index < -0.39 is 0 Å². The van der Waals surface area contributed by atoms with Crippen LogP contribution in [0.2, 0.25) is 0 Å². The standard InChI is InChI=1S/C15H31N/c1-10-8-11(14(2,3)4)13(16)12(9-10)15(5,6)7/h10-13H,8-9,16H2,1-7H3. The van der Waals surface area contributed by atoms with Crippen LogP contribution in [0, 0.1) is 28.6 Å². The molecule has 1 saturated carbocycles. The van der Waals surface area contributed by atoms with Crippen molar-refractivity contribution in [2.45, 2.75) is 67.3 Å². The summed E-state index contributed by atoms with van der Waals surface area (Å²) in [7, 11) is 0. The molecule has 0 aromatic heterocycles. The summed E-state index contributed by atoms with van der Waals surface area (Å²) in [6, 6.07) is 0.371. The van der Waals surface area contributed by atoms with Gasteiger partial charge in [-0.15, -0.1) is 0 Å². The highest BCUT2D eigenvalue weighted by Crippen LogP contribution is 2.47. The van der Waals surface area contributed by atoms with E-state index in [1.165, 1.54) is 12.8 Å². The van der Waals surface area contributed by atoms with Gasteiger partial charge in [-0.2, -0.15) is 0 Å². The Balaban J connectivity index is 2.91. The number of hydrogen-bond acceptors (Lipinski definition) is 1. The van der Waals surface area contributed by atoms with Crippen molar-refractivity contribution in [2.24, 2.45) is 34.3 Å². The molecule has 1 fully saturated rings. The molecule has 1 aliphatic carbocycles. The predicted molar refractivity (Wildman–Crippen MR) is 72.3 cm³/mol. The summed E-state index contributed by atoms with van der Waals surface area (Å²) in [5, 5.41) is 0. The monoisotopic (exact) mass is 225 g/mol. The lowest BCUT2D eigenvalue weighted by Gasteiger charge is -2.49. The van der Waals surface area contributed by atoms with Crippen molar-refractivity contribution in [3.8, 4) is 0 Å². The third-order valence-electron chi connectivity index (χ3n) is 4.47. The molecule has 16 heavy (non-hydrogen) atoms. The van der Waals surface area contributed by atoms with E-state index >= 15 is 0 Å². The molecule has 0 amide bonds. The molecule has 1 heteroatoms. The third-order valence-corrected chi connectivity index (χ3v) is 4.47. The topological polar surface area (TPSA) is 26.0 Å². The second kappa shape index (κ2) is 4.33. The van der Waals surface area contributed by atoms with Crippen molar-refractivity contribution in [1.29, 1.82) is 0 Å². The lowest BCUT2D eigenvalue weighted by Crippen LogP contribution is -2.51. The molecule has 2 atom stereocenters. The summed E-state index contributed by atoms with van der Waals surface area (Å²) in [5.41, 5.74) is 7.25. The largest absolute Gasteiger partial charge is 0.327 e. The highest BCUT2D eigenvalue weighted by molar-refractivity contribution is 4.96. The Morgan fingerprint density at radius 2 is 1.12 bits per heavy atom. The fraction of sp³-hybridized carbons (Fsp3) is 1.00. The van der Waals surface area contributed by atoms with E-state index in [0.29, 0.717) is 28.7 Å². The van der Waals surface area contributed by atoms with E-state index in [4.69, 9.17) is 5.73 Å². The van der Waals surface area contributed by atoms with Crippen LogP contribution in [-0.2, 0) is 0 Å². The summed E-state index contributed by atoms with van der Waals surface area (Å²) in [5.74, 6) is 2.16. The van der Waals surface area contributed by atoms with Gasteiger partial charge in [0.25, 0.3) is 0 Å². The maximum atomic E-state index is 6.56. The first-order chi connectivity index (χ1) is 7.03. The van der Waals surface area contributed by atoms with Crippen LogP contribution in [0.4, 0.5) is 0 Å². The van der Waals surface area contributed by atoms with Crippen LogP contribution in [0.25, 0.3) is 0 Å². The Hall–Kier alpha value is -0.0400. The molecule has 0 aromatic carbocycles. The SMILES string of the molecule is CC1CC(C(C)(C)C)C(N)C(C(C)(C)C)C1. The molecule has 0 spiro atoms. The maximum Gasteiger partial charge on any atom is 0.0106 e. The zero-order valence-corrected chi connectivity index (χ0v) is 12.3. The Bertz CT molecular complexity index is 207. The van der Waals surface area contributed by atoms with Crippen molar-refractivity contribution in [1.82, 2.24) is 0 Å². The molecular weight excluding hydrogens is 194 g/mol. The molecule has 0 bridgehead atoms. The second-order valence-electron chi connectivity index (χ2n) is 8.10. The van der Waals surface area contributed by atoms with Gasteiger partial charge in [0.05, 0.1) is 0 Å². The minimum absolute atomic E-state index is 0.345. The van der Waals surface area contributed by atoms with Crippen LogP contribution >= 0.6 is 0 Å². The van der Waals surface area contributed by atoms with Gasteiger partial charge in [0, 0.05) is 6.04 Å². The molecule has 1 aliphatic rings. The van der Waals surface area contributed by atoms with Crippen molar-refractivity contribution < 1.29 is 0 Å². The van der Waals surface area contributed by atoms with E-state index in [9.17, 15) is 0 Å². The van der Waals surface area contributed by atoms with E-state index in [-0.39, 0.29) is 0 Å². The van der Waals surface area contributed by atoms with Gasteiger partial charge in [-0.25, -0.2) is 0 Å². The fourth-order valence-corrected chi connectivity index (χ4v) is 3.42. The van der Waals surface area contributed by atoms with Crippen LogP contribution in [0.3, 0.4) is 0 Å². The first kappa shape index (κ1) is 14.0. The average molecular weight is 225 g/mol. The number of hydrogen-bond donors (Lipinski definition) is 1. The van der Waals surface area contributed by atoms with Crippen molar-refractivity contribution in [3.05, 3.63) is 0 Å². The minimum atomic E-state index is 0.345. The van der Waals surface area contributed by atoms with Crippen LogP contribution in [0.1, 0.15) is 61.3 Å². The van der Waals surface area contributed by atoms with Gasteiger partial charge in [0.1, 0.15) is 0 Å². The number of nitrogens with two attached hydrogens (primary N) is 1. The van der Waals surface area contributed by atoms with Gasteiger partial charge in [-0.05, 0) is 41.4 Å². The molecular formula is C15H31N. The summed E-state index contributed by atoms with van der Waals surface area (Å²) >= 11 is 0. The van der Waals surface area contributed by atoms with Crippen molar-refractivity contribution >= 4 is 0 Å². The van der Waals surface area contributed by atoms with Crippen LogP contribution in [-0.4, -0.2) is 6.04 Å². The predicted octanol–water partition coefficient (Wildman–Crippen LogP) is 4.07. The molecule has 0 aromatic rings. The minimum Gasteiger partial charge on any atom is -0.327 e. The van der Waals surface area contributed by atoms with E-state index in [0.717, 1.165) is 5.92 Å². The normalized spacial score (nSPS) is 37.5. The molecule has 0 aliphatic heterocycles. The van der Waals surface area contributed by atoms with E-state index in [2.05, 4.69) is 48.5 Å². The Kier molecular flexibility index (Phi) is 3.79. The summed E-state index contributed by atoms with van der Waals surface area (Å²) in [4.78, 5) is 0. The van der Waals surface area contributed by atoms with E-state index in [1.54, 1.807) is 0 Å². The van der Waals surface area contributed by atoms with Gasteiger partial charge in [0.2, 0.25) is 0 Å². The third kappa shape index (κ3) is 3.00. The molecule has 2 N–H and O–H groups in total. The zero-order valence-electron chi connectivity index (χ0n) is 12.3. The lowest BCUT2D eigenvalue weighted by molar-refractivity contribution is 0.0303. The quantitative estimate of drug-likeness (QED) is 0.661. The maximum absolute atomic E-state index is 6.56. The first-order valence-electron chi connectivity index (χ1n) is 6.79. The van der Waals surface area contributed by atoms with Gasteiger partial charge in [-0.1, -0.05) is 48.5 Å². The lowest BCUT2D eigenvalue weighted by atomic mass is 9.58. The second-order valence-corrected chi connectivity index (χ2v) is 8.10. The molecule has 0 heterocycles. The summed E-state index contributed by atoms with van der Waals surface area (Å²) in [6.45, 7) is 16.4. The molecule has 0 saturated heterocycles. The molecule has 0 radical (unpaired) electrons. The van der Waals surface area contributed by atoms with Crippen LogP contribution in [0.5, 0.6) is 0 Å². The summed E-state index contributed by atoms with van der Waals surface area (Å²) < 4.78 is 0. The first-order valence-corrected chi connectivity index (χ1v) is 6.79. The zero-order chi connectivity index (χ0) is 12.7. The Morgan fingerprint density at radius 3 is 1.38 bits per heavy atom. The Labute approximate surface area is 102 Å². The Morgan fingerprint density at radius 1 is 0.812 bits per heavy atom. The number of rotatable bonds is 0. The molecule has 1 nitrogen and oxygen atoms in total. The van der Waals surface area contributed by atoms with Crippen molar-refractivity contribution in [2.75, 3.05) is 0 Å². The van der Waals surface area contributed by atoms with Crippen LogP contribution < -0.4 is 5.73 Å². The van der Waals surface area contributed by atoms with Crippen LogP contribution in [0.15, 0.2) is 0 Å². The highest BCUT2D eigenvalue weighted by Gasteiger charge is 2.43. The smallest absolute Gasteiger partial charge is 0.0106 e. The van der Waals surface area contributed by atoms with Gasteiger partial charge in [0.15, 0.2) is 0 Å². The average Bonchev–Trinajstić information content (AvgIpc) is 2.04. The highest BCUT2D eigenvalue weighted by atomic mass is 14.7. The molecule has 1 rings (SSSR count). The van der Waals surface area contributed by atoms with E-state index in [1.807, 2.05) is 0 Å². The molecule has 96 valence electrons. The van der Waals surface area contributed by atoms with Crippen molar-refractivity contribution in [3.63, 3.8) is 0 Å². The molecule has 2 unspecified atom stereocenters. The van der Waals surface area contributed by atoms with Gasteiger partial charge >= 0.3 is 0 Å². The van der Waals surface area contributed by atoms with Gasteiger partial charge < -0.3 is 5.73 Å². The summed E-state index contributed by atoms with van der Waals surface area (Å²) in [6.07, 6.45) is 2.61. The van der Waals surface area contributed by atoms with Gasteiger partial charge in [-0.3, -0.25) is 0 Å². The fourth-order valence-electron chi connectivity index (χ4n) is 3.42.